The van der Waals surface area contributed by atoms with Crippen LogP contribution in [0.3, 0.4) is 0 Å². The molecule has 2 rings (SSSR count). The van der Waals surface area contributed by atoms with Crippen LogP contribution < -0.4 is 14.8 Å². The lowest BCUT2D eigenvalue weighted by atomic mass is 10.1. The molecule has 1 aromatic heterocycles. The van der Waals surface area contributed by atoms with Gasteiger partial charge < -0.3 is 14.8 Å². The summed E-state index contributed by atoms with van der Waals surface area (Å²) in [5.74, 6) is 1.71. The topological polar surface area (TPSA) is 30.5 Å². The fourth-order valence-corrected chi connectivity index (χ4v) is 2.76. The van der Waals surface area contributed by atoms with Gasteiger partial charge in [-0.15, -0.1) is 11.3 Å². The number of hydrogen-bond acceptors (Lipinski definition) is 4. The normalized spacial score (nSPS) is 10.4. The Labute approximate surface area is 111 Å². The van der Waals surface area contributed by atoms with Crippen LogP contribution in [-0.2, 0) is 6.54 Å². The minimum Gasteiger partial charge on any atom is -0.497 e. The summed E-state index contributed by atoms with van der Waals surface area (Å²) in [6.45, 7) is 0.878. The molecule has 0 fully saturated rings. The Hall–Kier alpha value is -1.52. The van der Waals surface area contributed by atoms with Gasteiger partial charge in [0.25, 0.3) is 0 Å². The Morgan fingerprint density at radius 1 is 1.17 bits per heavy atom. The molecule has 0 saturated carbocycles. The van der Waals surface area contributed by atoms with Gasteiger partial charge in [0.05, 0.1) is 14.2 Å². The average Bonchev–Trinajstić information content (AvgIpc) is 2.87. The van der Waals surface area contributed by atoms with Gasteiger partial charge in [-0.2, -0.15) is 0 Å². The smallest absolute Gasteiger partial charge is 0.127 e. The van der Waals surface area contributed by atoms with E-state index in [9.17, 15) is 0 Å². The lowest BCUT2D eigenvalue weighted by molar-refractivity contribution is 0.404. The van der Waals surface area contributed by atoms with Crippen molar-refractivity contribution in [1.29, 1.82) is 0 Å². The molecule has 0 unspecified atom stereocenters. The average molecular weight is 263 g/mol. The van der Waals surface area contributed by atoms with Crippen molar-refractivity contribution in [2.24, 2.45) is 0 Å². The molecule has 0 aliphatic heterocycles. The molecule has 1 heterocycles. The molecule has 96 valence electrons. The highest BCUT2D eigenvalue weighted by molar-refractivity contribution is 7.13. The van der Waals surface area contributed by atoms with E-state index in [1.165, 1.54) is 10.4 Å². The van der Waals surface area contributed by atoms with E-state index >= 15 is 0 Å². The highest BCUT2D eigenvalue weighted by Crippen LogP contribution is 2.36. The van der Waals surface area contributed by atoms with Gasteiger partial charge >= 0.3 is 0 Å². The Morgan fingerprint density at radius 2 is 2.00 bits per heavy atom. The number of methoxy groups -OCH3 is 2. The zero-order chi connectivity index (χ0) is 13.0. The molecule has 3 nitrogen and oxygen atoms in total. The first-order valence-corrected chi connectivity index (χ1v) is 6.61. The first-order valence-electron chi connectivity index (χ1n) is 5.73. The number of nitrogens with one attached hydrogen (secondary N) is 1. The molecular weight excluding hydrogens is 246 g/mol. The molecule has 18 heavy (non-hydrogen) atoms. The largest absolute Gasteiger partial charge is 0.497 e. The monoisotopic (exact) mass is 263 g/mol. The maximum atomic E-state index is 5.40. The summed E-state index contributed by atoms with van der Waals surface area (Å²) in [5.41, 5.74) is 2.35. The second kappa shape index (κ2) is 5.89. The summed E-state index contributed by atoms with van der Waals surface area (Å²) in [7, 11) is 5.31. The van der Waals surface area contributed by atoms with Crippen molar-refractivity contribution in [3.05, 3.63) is 35.2 Å². The van der Waals surface area contributed by atoms with Gasteiger partial charge in [0.15, 0.2) is 0 Å². The first kappa shape index (κ1) is 12.9. The van der Waals surface area contributed by atoms with Crippen LogP contribution in [0.4, 0.5) is 0 Å². The molecule has 0 amide bonds. The van der Waals surface area contributed by atoms with Gasteiger partial charge in [-0.05, 0) is 42.3 Å². The number of benzene rings is 1. The van der Waals surface area contributed by atoms with Crippen LogP contribution in [0.5, 0.6) is 11.5 Å². The molecule has 0 radical (unpaired) electrons. The van der Waals surface area contributed by atoms with Gasteiger partial charge in [-0.1, -0.05) is 0 Å². The summed E-state index contributed by atoms with van der Waals surface area (Å²) in [6.07, 6.45) is 0. The van der Waals surface area contributed by atoms with Crippen molar-refractivity contribution < 1.29 is 9.47 Å². The standard InChI is InChI=1S/C14H17NO2S/c1-15-8-10-6-14(18-9-10)12-7-11(16-2)4-5-13(12)17-3/h4-7,9,15H,8H2,1-3H3. The van der Waals surface area contributed by atoms with E-state index in [0.29, 0.717) is 0 Å². The van der Waals surface area contributed by atoms with Gasteiger partial charge in [-0.25, -0.2) is 0 Å². The van der Waals surface area contributed by atoms with E-state index in [4.69, 9.17) is 9.47 Å². The maximum Gasteiger partial charge on any atom is 0.127 e. The Kier molecular flexibility index (Phi) is 4.23. The Morgan fingerprint density at radius 3 is 2.67 bits per heavy atom. The van der Waals surface area contributed by atoms with E-state index in [-0.39, 0.29) is 0 Å². The second-order valence-corrected chi connectivity index (χ2v) is 4.83. The molecule has 0 spiro atoms. The lowest BCUT2D eigenvalue weighted by Gasteiger charge is -2.08. The maximum absolute atomic E-state index is 5.40. The van der Waals surface area contributed by atoms with Crippen LogP contribution in [0, 0.1) is 0 Å². The Balaban J connectivity index is 2.40. The third-order valence-electron chi connectivity index (χ3n) is 2.71. The van der Waals surface area contributed by atoms with Crippen molar-refractivity contribution in [2.45, 2.75) is 6.54 Å². The summed E-state index contributed by atoms with van der Waals surface area (Å²) < 4.78 is 10.7. The third-order valence-corrected chi connectivity index (χ3v) is 3.72. The second-order valence-electron chi connectivity index (χ2n) is 3.92. The quantitative estimate of drug-likeness (QED) is 0.899. The van der Waals surface area contributed by atoms with Gasteiger partial charge in [0.1, 0.15) is 11.5 Å². The molecule has 2 aromatic rings. The summed E-state index contributed by atoms with van der Waals surface area (Å²) in [5, 5.41) is 5.31. The van der Waals surface area contributed by atoms with E-state index < -0.39 is 0 Å². The fourth-order valence-electron chi connectivity index (χ4n) is 1.82. The van der Waals surface area contributed by atoms with Crippen molar-refractivity contribution >= 4 is 11.3 Å². The van der Waals surface area contributed by atoms with Crippen LogP contribution in [0.1, 0.15) is 5.56 Å². The van der Waals surface area contributed by atoms with Gasteiger partial charge in [0.2, 0.25) is 0 Å². The first-order chi connectivity index (χ1) is 8.78. The van der Waals surface area contributed by atoms with Crippen molar-refractivity contribution in [2.75, 3.05) is 21.3 Å². The van der Waals surface area contributed by atoms with Gasteiger partial charge in [-0.3, -0.25) is 0 Å². The van der Waals surface area contributed by atoms with Crippen molar-refractivity contribution in [1.82, 2.24) is 5.32 Å². The fraction of sp³-hybridized carbons (Fsp3) is 0.286. The Bertz CT molecular complexity index is 522. The van der Waals surface area contributed by atoms with Crippen LogP contribution in [-0.4, -0.2) is 21.3 Å². The van der Waals surface area contributed by atoms with E-state index in [1.807, 2.05) is 25.2 Å². The molecule has 0 aliphatic rings. The highest BCUT2D eigenvalue weighted by Gasteiger charge is 2.10. The molecule has 1 N–H and O–H groups in total. The number of ether oxygens (including phenoxy) is 2. The lowest BCUT2D eigenvalue weighted by Crippen LogP contribution is -2.03. The predicted molar refractivity (Wildman–Crippen MR) is 75.6 cm³/mol. The zero-order valence-electron chi connectivity index (χ0n) is 10.8. The molecule has 4 heteroatoms. The number of thiophene rings is 1. The van der Waals surface area contributed by atoms with Crippen LogP contribution >= 0.6 is 11.3 Å². The highest BCUT2D eigenvalue weighted by atomic mass is 32.1. The van der Waals surface area contributed by atoms with Gasteiger partial charge in [0, 0.05) is 17.0 Å². The minimum absolute atomic E-state index is 0.842. The SMILES string of the molecule is CNCc1csc(-c2cc(OC)ccc2OC)c1. The van der Waals surface area contributed by atoms with Crippen LogP contribution in [0.15, 0.2) is 29.6 Å². The van der Waals surface area contributed by atoms with E-state index in [0.717, 1.165) is 23.6 Å². The number of hydrogen-bond donors (Lipinski definition) is 1. The summed E-state index contributed by atoms with van der Waals surface area (Å²) in [4.78, 5) is 1.19. The minimum atomic E-state index is 0.842. The number of rotatable bonds is 5. The van der Waals surface area contributed by atoms with Crippen molar-refractivity contribution in [3.63, 3.8) is 0 Å². The third kappa shape index (κ3) is 2.66. The molecular formula is C14H17NO2S. The van der Waals surface area contributed by atoms with Crippen molar-refractivity contribution in [3.8, 4) is 21.9 Å². The van der Waals surface area contributed by atoms with E-state index in [2.05, 4.69) is 16.8 Å². The van der Waals surface area contributed by atoms with E-state index in [1.54, 1.807) is 25.6 Å². The predicted octanol–water partition coefficient (Wildman–Crippen LogP) is 3.15. The molecule has 0 aliphatic carbocycles. The summed E-state index contributed by atoms with van der Waals surface area (Å²) in [6, 6.07) is 8.03. The molecule has 1 aromatic carbocycles. The van der Waals surface area contributed by atoms with Crippen LogP contribution in [0.25, 0.3) is 10.4 Å². The zero-order valence-corrected chi connectivity index (χ0v) is 11.6. The summed E-state index contributed by atoms with van der Waals surface area (Å²) >= 11 is 1.72. The molecule has 0 bridgehead atoms. The molecule has 0 saturated heterocycles. The molecule has 0 atom stereocenters. The van der Waals surface area contributed by atoms with Crippen LogP contribution in [0.2, 0.25) is 0 Å².